The number of nitrogens with one attached hydrogen (secondary N) is 2. The topological polar surface area (TPSA) is 99.9 Å². The van der Waals surface area contributed by atoms with Gasteiger partial charge in [0, 0.05) is 37.4 Å². The van der Waals surface area contributed by atoms with Crippen molar-refractivity contribution in [3.63, 3.8) is 0 Å². The van der Waals surface area contributed by atoms with Crippen molar-refractivity contribution < 1.29 is 4.52 Å². The van der Waals surface area contributed by atoms with Crippen molar-refractivity contribution in [1.82, 2.24) is 30.3 Å². The van der Waals surface area contributed by atoms with E-state index in [1.54, 1.807) is 11.3 Å². The highest BCUT2D eigenvalue weighted by molar-refractivity contribution is 7.18. The molecule has 1 unspecified atom stereocenters. The molecule has 0 radical (unpaired) electrons. The molecule has 3 aromatic rings. The molecule has 0 saturated carbocycles. The third-order valence-corrected chi connectivity index (χ3v) is 6.06. The number of aromatic amines is 1. The summed E-state index contributed by atoms with van der Waals surface area (Å²) in [5.41, 5.74) is 0.935. The van der Waals surface area contributed by atoms with Crippen LogP contribution in [0, 0.1) is 13.8 Å². The van der Waals surface area contributed by atoms with Crippen molar-refractivity contribution in [2.24, 2.45) is 0 Å². The van der Waals surface area contributed by atoms with Gasteiger partial charge in [-0.3, -0.25) is 9.69 Å². The largest absolute Gasteiger partial charge is 0.339 e. The SMILES string of the molecule is Cc1sc2nc(CCc3nc(C4CNCCN4C)no3)[nH]c(=O)c2c1C.Cl. The molecule has 0 aliphatic carbocycles. The highest BCUT2D eigenvalue weighted by Gasteiger charge is 2.25. The Morgan fingerprint density at radius 2 is 2.11 bits per heavy atom. The number of hydrogen-bond acceptors (Lipinski definition) is 8. The number of piperazine rings is 1. The molecule has 0 spiro atoms. The van der Waals surface area contributed by atoms with Crippen LogP contribution in [0.4, 0.5) is 0 Å². The summed E-state index contributed by atoms with van der Waals surface area (Å²) >= 11 is 1.56. The smallest absolute Gasteiger partial charge is 0.259 e. The maximum Gasteiger partial charge on any atom is 0.259 e. The standard InChI is InChI=1S/C17H22N6O2S.ClH/c1-9-10(2)26-17-14(9)16(24)19-12(20-17)4-5-13-21-15(22-25-13)11-8-18-6-7-23(11)3;/h11,18H,4-8H2,1-3H3,(H,19,20,24);1H. The van der Waals surface area contributed by atoms with Crippen LogP contribution < -0.4 is 10.9 Å². The van der Waals surface area contributed by atoms with Crippen LogP contribution in [0.1, 0.15) is 34.0 Å². The van der Waals surface area contributed by atoms with Crippen molar-refractivity contribution in [1.29, 1.82) is 0 Å². The Labute approximate surface area is 166 Å². The predicted molar refractivity (Wildman–Crippen MR) is 107 cm³/mol. The molecule has 1 fully saturated rings. The first-order valence-electron chi connectivity index (χ1n) is 8.75. The van der Waals surface area contributed by atoms with E-state index in [0.717, 1.165) is 34.9 Å². The van der Waals surface area contributed by atoms with E-state index in [1.165, 1.54) is 0 Å². The van der Waals surface area contributed by atoms with Crippen LogP contribution in [0.15, 0.2) is 9.32 Å². The number of aromatic nitrogens is 4. The van der Waals surface area contributed by atoms with Gasteiger partial charge in [0.2, 0.25) is 5.89 Å². The molecule has 27 heavy (non-hydrogen) atoms. The monoisotopic (exact) mass is 410 g/mol. The van der Waals surface area contributed by atoms with Gasteiger partial charge in [-0.25, -0.2) is 4.98 Å². The first-order chi connectivity index (χ1) is 12.5. The number of H-pyrrole nitrogens is 1. The molecule has 0 aromatic carbocycles. The van der Waals surface area contributed by atoms with Gasteiger partial charge in [0.1, 0.15) is 10.7 Å². The van der Waals surface area contributed by atoms with Crippen molar-refractivity contribution in [2.75, 3.05) is 26.7 Å². The minimum absolute atomic E-state index is 0. The lowest BCUT2D eigenvalue weighted by molar-refractivity contribution is 0.190. The van der Waals surface area contributed by atoms with Crippen molar-refractivity contribution in [3.8, 4) is 0 Å². The van der Waals surface area contributed by atoms with Crippen molar-refractivity contribution in [2.45, 2.75) is 32.7 Å². The Bertz CT molecular complexity index is 997. The first-order valence-corrected chi connectivity index (χ1v) is 9.57. The minimum Gasteiger partial charge on any atom is -0.339 e. The Balaban J connectivity index is 0.00000210. The molecule has 146 valence electrons. The van der Waals surface area contributed by atoms with E-state index in [2.05, 4.69) is 37.4 Å². The zero-order valence-corrected chi connectivity index (χ0v) is 17.2. The summed E-state index contributed by atoms with van der Waals surface area (Å²) in [5.74, 6) is 1.93. The van der Waals surface area contributed by atoms with Crippen LogP contribution >= 0.6 is 23.7 Å². The zero-order chi connectivity index (χ0) is 18.3. The molecule has 10 heteroatoms. The molecular formula is C17H23ClN6O2S. The lowest BCUT2D eigenvalue weighted by Gasteiger charge is -2.30. The van der Waals surface area contributed by atoms with E-state index >= 15 is 0 Å². The number of likely N-dealkylation sites (N-methyl/N-ethyl adjacent to an activating group) is 1. The first kappa shape index (κ1) is 19.9. The average molecular weight is 411 g/mol. The van der Waals surface area contributed by atoms with E-state index in [0.29, 0.717) is 35.8 Å². The highest BCUT2D eigenvalue weighted by atomic mass is 35.5. The van der Waals surface area contributed by atoms with Crippen LogP contribution in [0.25, 0.3) is 10.2 Å². The van der Waals surface area contributed by atoms with Crippen molar-refractivity contribution >= 4 is 34.0 Å². The molecule has 1 aliphatic rings. The molecule has 3 aromatic heterocycles. The second-order valence-electron chi connectivity index (χ2n) is 6.72. The maximum absolute atomic E-state index is 12.3. The van der Waals surface area contributed by atoms with E-state index in [4.69, 9.17) is 4.52 Å². The minimum atomic E-state index is -0.0760. The van der Waals surface area contributed by atoms with E-state index < -0.39 is 0 Å². The predicted octanol–water partition coefficient (Wildman–Crippen LogP) is 1.77. The fourth-order valence-electron chi connectivity index (χ4n) is 3.24. The Morgan fingerprint density at radius 3 is 2.89 bits per heavy atom. The molecule has 1 aliphatic heterocycles. The summed E-state index contributed by atoms with van der Waals surface area (Å²) in [6.45, 7) is 6.72. The number of hydrogen-bond donors (Lipinski definition) is 2. The van der Waals surface area contributed by atoms with E-state index in [-0.39, 0.29) is 24.0 Å². The molecule has 2 N–H and O–H groups in total. The maximum atomic E-state index is 12.3. The van der Waals surface area contributed by atoms with Gasteiger partial charge in [0.25, 0.3) is 5.56 Å². The van der Waals surface area contributed by atoms with Gasteiger partial charge in [-0.2, -0.15) is 4.98 Å². The Morgan fingerprint density at radius 1 is 1.30 bits per heavy atom. The third kappa shape index (κ3) is 3.91. The second kappa shape index (κ2) is 8.05. The molecule has 0 amide bonds. The molecule has 0 bridgehead atoms. The van der Waals surface area contributed by atoms with Gasteiger partial charge in [-0.15, -0.1) is 23.7 Å². The summed E-state index contributed by atoms with van der Waals surface area (Å²) < 4.78 is 5.40. The summed E-state index contributed by atoms with van der Waals surface area (Å²) in [6.07, 6.45) is 1.11. The quantitative estimate of drug-likeness (QED) is 0.676. The number of thiophene rings is 1. The number of rotatable bonds is 4. The van der Waals surface area contributed by atoms with Gasteiger partial charge in [-0.1, -0.05) is 5.16 Å². The van der Waals surface area contributed by atoms with E-state index in [1.807, 2.05) is 13.8 Å². The van der Waals surface area contributed by atoms with Gasteiger partial charge >= 0.3 is 0 Å². The summed E-state index contributed by atoms with van der Waals surface area (Å²) in [6, 6.07) is 0.132. The molecule has 1 atom stereocenters. The van der Waals surface area contributed by atoms with Crippen LogP contribution in [0.2, 0.25) is 0 Å². The van der Waals surface area contributed by atoms with Gasteiger partial charge < -0.3 is 14.8 Å². The van der Waals surface area contributed by atoms with E-state index in [9.17, 15) is 4.79 Å². The summed E-state index contributed by atoms with van der Waals surface area (Å²) in [4.78, 5) is 28.5. The second-order valence-corrected chi connectivity index (χ2v) is 7.93. The third-order valence-electron chi connectivity index (χ3n) is 4.96. The highest BCUT2D eigenvalue weighted by Crippen LogP contribution is 2.25. The van der Waals surface area contributed by atoms with Crippen molar-refractivity contribution in [3.05, 3.63) is 38.3 Å². The Hall–Kier alpha value is -1.81. The van der Waals surface area contributed by atoms with Gasteiger partial charge in [-0.05, 0) is 26.5 Å². The fourth-order valence-corrected chi connectivity index (χ4v) is 4.29. The normalized spacial score (nSPS) is 18.0. The summed E-state index contributed by atoms with van der Waals surface area (Å²) in [7, 11) is 2.07. The molecule has 4 heterocycles. The number of nitrogens with zero attached hydrogens (tertiary/aromatic N) is 4. The molecular weight excluding hydrogens is 388 g/mol. The number of halogens is 1. The number of aryl methyl sites for hydroxylation is 4. The van der Waals surface area contributed by atoms with Crippen LogP contribution in [-0.4, -0.2) is 51.7 Å². The number of fused-ring (bicyclic) bond motifs is 1. The molecule has 8 nitrogen and oxygen atoms in total. The van der Waals surface area contributed by atoms with Gasteiger partial charge in [0.05, 0.1) is 11.4 Å². The van der Waals surface area contributed by atoms with Gasteiger partial charge in [0.15, 0.2) is 5.82 Å². The average Bonchev–Trinajstić information content (AvgIpc) is 3.19. The lowest BCUT2D eigenvalue weighted by atomic mass is 10.2. The van der Waals surface area contributed by atoms with Crippen LogP contribution in [0.5, 0.6) is 0 Å². The zero-order valence-electron chi connectivity index (χ0n) is 15.5. The fraction of sp³-hybridized carbons (Fsp3) is 0.529. The summed E-state index contributed by atoms with van der Waals surface area (Å²) in [5, 5.41) is 8.17. The van der Waals surface area contributed by atoms with Crippen LogP contribution in [-0.2, 0) is 12.8 Å². The Kier molecular flexibility index (Phi) is 5.95. The molecule has 1 saturated heterocycles. The molecule has 4 rings (SSSR count). The lowest BCUT2D eigenvalue weighted by Crippen LogP contribution is -2.44. The van der Waals surface area contributed by atoms with Crippen LogP contribution in [0.3, 0.4) is 0 Å².